The first-order chi connectivity index (χ1) is 8.29. The molecule has 1 aromatic heterocycles. The number of rotatable bonds is 4. The molecule has 17 heavy (non-hydrogen) atoms. The number of nitrogens with zero attached hydrogens (tertiary/aromatic N) is 2. The molecular weight excluding hydrogens is 212 g/mol. The van der Waals surface area contributed by atoms with Crippen LogP contribution in [-0.2, 0) is 11.3 Å². The van der Waals surface area contributed by atoms with Crippen LogP contribution in [0.1, 0.15) is 38.3 Å². The molecule has 2 rings (SSSR count). The van der Waals surface area contributed by atoms with Crippen LogP contribution in [0.5, 0.6) is 0 Å². The Morgan fingerprint density at radius 1 is 1.35 bits per heavy atom. The third kappa shape index (κ3) is 3.37. The SMILES string of the molecule is CCN(Cc1ccccn1)C1CCC(=O)CC1. The smallest absolute Gasteiger partial charge is 0.133 e. The molecule has 0 saturated heterocycles. The lowest BCUT2D eigenvalue weighted by Gasteiger charge is -2.32. The van der Waals surface area contributed by atoms with Crippen LogP contribution < -0.4 is 0 Å². The number of aromatic nitrogens is 1. The van der Waals surface area contributed by atoms with Gasteiger partial charge in [0.2, 0.25) is 0 Å². The van der Waals surface area contributed by atoms with Crippen LogP contribution in [-0.4, -0.2) is 28.3 Å². The maximum atomic E-state index is 11.2. The van der Waals surface area contributed by atoms with Gasteiger partial charge in [-0.2, -0.15) is 0 Å². The summed E-state index contributed by atoms with van der Waals surface area (Å²) in [5.41, 5.74) is 1.12. The van der Waals surface area contributed by atoms with E-state index in [9.17, 15) is 4.79 Å². The second-order valence-corrected chi connectivity index (χ2v) is 4.65. The molecule has 0 amide bonds. The fraction of sp³-hybridized carbons (Fsp3) is 0.571. The summed E-state index contributed by atoms with van der Waals surface area (Å²) in [5, 5.41) is 0. The fourth-order valence-electron chi connectivity index (χ4n) is 2.49. The zero-order chi connectivity index (χ0) is 12.1. The summed E-state index contributed by atoms with van der Waals surface area (Å²) in [6, 6.07) is 6.59. The summed E-state index contributed by atoms with van der Waals surface area (Å²) >= 11 is 0. The Bertz CT molecular complexity index is 354. The average Bonchev–Trinajstić information content (AvgIpc) is 2.38. The molecule has 1 aromatic rings. The topological polar surface area (TPSA) is 33.2 Å². The van der Waals surface area contributed by atoms with E-state index in [1.54, 1.807) is 0 Å². The first kappa shape index (κ1) is 12.2. The van der Waals surface area contributed by atoms with Gasteiger partial charge >= 0.3 is 0 Å². The molecular formula is C14H20N2O. The minimum Gasteiger partial charge on any atom is -0.300 e. The zero-order valence-electron chi connectivity index (χ0n) is 10.4. The molecule has 0 atom stereocenters. The molecule has 1 saturated carbocycles. The Morgan fingerprint density at radius 2 is 2.12 bits per heavy atom. The van der Waals surface area contributed by atoms with Gasteiger partial charge in [-0.15, -0.1) is 0 Å². The van der Waals surface area contributed by atoms with Gasteiger partial charge in [0.25, 0.3) is 0 Å². The van der Waals surface area contributed by atoms with Crippen LogP contribution in [0.2, 0.25) is 0 Å². The highest BCUT2D eigenvalue weighted by Crippen LogP contribution is 2.21. The summed E-state index contributed by atoms with van der Waals surface area (Å²) in [7, 11) is 0. The molecule has 3 nitrogen and oxygen atoms in total. The molecule has 1 aliphatic carbocycles. The number of Topliss-reactive ketones (excluding diaryl/α,β-unsaturated/α-hetero) is 1. The Morgan fingerprint density at radius 3 is 2.71 bits per heavy atom. The van der Waals surface area contributed by atoms with E-state index < -0.39 is 0 Å². The molecule has 0 radical (unpaired) electrons. The normalized spacial score (nSPS) is 17.6. The van der Waals surface area contributed by atoms with Crippen molar-refractivity contribution in [2.45, 2.75) is 45.2 Å². The minimum atomic E-state index is 0.426. The Kier molecular flexibility index (Phi) is 4.26. The molecule has 1 heterocycles. The number of hydrogen-bond donors (Lipinski definition) is 0. The predicted octanol–water partition coefficient (Wildman–Crippen LogP) is 2.42. The summed E-state index contributed by atoms with van der Waals surface area (Å²) in [6.45, 7) is 4.10. The summed E-state index contributed by atoms with van der Waals surface area (Å²) in [5.74, 6) is 0.426. The van der Waals surface area contributed by atoms with Gasteiger partial charge in [0.15, 0.2) is 0 Å². The second-order valence-electron chi connectivity index (χ2n) is 4.65. The average molecular weight is 232 g/mol. The monoisotopic (exact) mass is 232 g/mol. The number of ketones is 1. The van der Waals surface area contributed by atoms with Crippen molar-refractivity contribution in [2.75, 3.05) is 6.54 Å². The third-order valence-electron chi connectivity index (χ3n) is 3.53. The van der Waals surface area contributed by atoms with Crippen molar-refractivity contribution in [1.29, 1.82) is 0 Å². The van der Waals surface area contributed by atoms with Gasteiger partial charge in [-0.25, -0.2) is 0 Å². The minimum absolute atomic E-state index is 0.426. The van der Waals surface area contributed by atoms with E-state index in [1.807, 2.05) is 18.3 Å². The molecule has 1 aliphatic rings. The van der Waals surface area contributed by atoms with E-state index in [-0.39, 0.29) is 0 Å². The first-order valence-corrected chi connectivity index (χ1v) is 6.45. The molecule has 0 N–H and O–H groups in total. The van der Waals surface area contributed by atoms with Crippen molar-refractivity contribution < 1.29 is 4.79 Å². The highest BCUT2D eigenvalue weighted by molar-refractivity contribution is 5.79. The third-order valence-corrected chi connectivity index (χ3v) is 3.53. The second kappa shape index (κ2) is 5.92. The lowest BCUT2D eigenvalue weighted by Crippen LogP contribution is -2.37. The van der Waals surface area contributed by atoms with E-state index in [4.69, 9.17) is 0 Å². The Balaban J connectivity index is 1.95. The van der Waals surface area contributed by atoms with Crippen LogP contribution in [0.15, 0.2) is 24.4 Å². The van der Waals surface area contributed by atoms with Crippen molar-refractivity contribution in [3.8, 4) is 0 Å². The molecule has 0 spiro atoms. The van der Waals surface area contributed by atoms with Gasteiger partial charge in [0.05, 0.1) is 5.69 Å². The van der Waals surface area contributed by atoms with Gasteiger partial charge in [-0.1, -0.05) is 13.0 Å². The van der Waals surface area contributed by atoms with Crippen LogP contribution in [0, 0.1) is 0 Å². The van der Waals surface area contributed by atoms with Crippen molar-refractivity contribution in [3.05, 3.63) is 30.1 Å². The van der Waals surface area contributed by atoms with Crippen LogP contribution >= 0.6 is 0 Å². The lowest BCUT2D eigenvalue weighted by molar-refractivity contribution is -0.121. The molecule has 0 unspecified atom stereocenters. The van der Waals surface area contributed by atoms with Crippen molar-refractivity contribution >= 4 is 5.78 Å². The van der Waals surface area contributed by atoms with E-state index in [0.29, 0.717) is 11.8 Å². The number of hydrogen-bond acceptors (Lipinski definition) is 3. The van der Waals surface area contributed by atoms with Crippen molar-refractivity contribution in [2.24, 2.45) is 0 Å². The van der Waals surface area contributed by atoms with E-state index in [2.05, 4.69) is 22.9 Å². The molecule has 0 aromatic carbocycles. The van der Waals surface area contributed by atoms with Gasteiger partial charge in [0, 0.05) is 31.6 Å². The maximum absolute atomic E-state index is 11.2. The van der Waals surface area contributed by atoms with Gasteiger partial charge in [-0.05, 0) is 31.5 Å². The Hall–Kier alpha value is -1.22. The fourth-order valence-corrected chi connectivity index (χ4v) is 2.49. The van der Waals surface area contributed by atoms with Crippen LogP contribution in [0.4, 0.5) is 0 Å². The van der Waals surface area contributed by atoms with Gasteiger partial charge < -0.3 is 0 Å². The number of carbonyl (C=O) groups is 1. The predicted molar refractivity (Wildman–Crippen MR) is 67.6 cm³/mol. The summed E-state index contributed by atoms with van der Waals surface area (Å²) in [4.78, 5) is 18.1. The van der Waals surface area contributed by atoms with Crippen molar-refractivity contribution in [1.82, 2.24) is 9.88 Å². The molecule has 3 heteroatoms. The van der Waals surface area contributed by atoms with E-state index in [1.165, 1.54) is 0 Å². The molecule has 0 aliphatic heterocycles. The number of pyridine rings is 1. The molecule has 1 fully saturated rings. The molecule has 92 valence electrons. The standard InChI is InChI=1S/C14H20N2O/c1-2-16(11-12-5-3-4-10-15-12)13-6-8-14(17)9-7-13/h3-5,10,13H,2,6-9,11H2,1H3. The lowest BCUT2D eigenvalue weighted by atomic mass is 9.93. The zero-order valence-corrected chi connectivity index (χ0v) is 10.4. The van der Waals surface area contributed by atoms with E-state index >= 15 is 0 Å². The summed E-state index contributed by atoms with van der Waals surface area (Å²) in [6.07, 6.45) is 5.37. The van der Waals surface area contributed by atoms with Gasteiger partial charge in [0.1, 0.15) is 5.78 Å². The Labute approximate surface area is 103 Å². The highest BCUT2D eigenvalue weighted by Gasteiger charge is 2.23. The largest absolute Gasteiger partial charge is 0.300 e. The van der Waals surface area contributed by atoms with Gasteiger partial charge in [-0.3, -0.25) is 14.7 Å². The highest BCUT2D eigenvalue weighted by atomic mass is 16.1. The van der Waals surface area contributed by atoms with E-state index in [0.717, 1.165) is 44.5 Å². The first-order valence-electron chi connectivity index (χ1n) is 6.45. The van der Waals surface area contributed by atoms with Crippen LogP contribution in [0.25, 0.3) is 0 Å². The summed E-state index contributed by atoms with van der Waals surface area (Å²) < 4.78 is 0. The maximum Gasteiger partial charge on any atom is 0.133 e. The van der Waals surface area contributed by atoms with Crippen molar-refractivity contribution in [3.63, 3.8) is 0 Å². The quantitative estimate of drug-likeness (QED) is 0.799. The molecule has 0 bridgehead atoms. The van der Waals surface area contributed by atoms with Crippen LogP contribution in [0.3, 0.4) is 0 Å². The number of carbonyl (C=O) groups excluding carboxylic acids is 1.